The number of carbonyl (C=O) groups excluding carboxylic acids is 2. The van der Waals surface area contributed by atoms with Gasteiger partial charge in [0.05, 0.1) is 18.4 Å². The molecular formula is C33H42F2N4O4. The average Bonchev–Trinajstić information content (AvgIpc) is 3.63. The molecule has 0 aliphatic heterocycles. The molecule has 1 saturated carbocycles. The van der Waals surface area contributed by atoms with Gasteiger partial charge in [0.15, 0.2) is 11.6 Å². The van der Waals surface area contributed by atoms with E-state index in [0.29, 0.717) is 23.8 Å². The standard InChI is InChI=1S/C33H42F2N4O4/c1-22(2)18-29(33(41)43-25-11-5-6-12-25)37-16-7-3-4-8-17-42-26-13-9-10-23(19-26)31(40)27-21-38-39(32(27)36)30-15-14-24(34)20-28(30)35/h9-10,13-15,19-22,25,29,37H,3-8,11-12,16-18,36H2,1-2H3/t29-/m0/s1. The van der Waals surface area contributed by atoms with Gasteiger partial charge in [-0.25, -0.2) is 13.5 Å². The van der Waals surface area contributed by atoms with Crippen molar-refractivity contribution in [1.82, 2.24) is 15.1 Å². The maximum Gasteiger partial charge on any atom is 0.323 e. The van der Waals surface area contributed by atoms with Gasteiger partial charge in [-0.2, -0.15) is 5.10 Å². The van der Waals surface area contributed by atoms with Crippen molar-refractivity contribution in [2.45, 2.75) is 83.8 Å². The fraction of sp³-hybridized carbons (Fsp3) is 0.485. The van der Waals surface area contributed by atoms with Crippen molar-refractivity contribution in [3.05, 3.63) is 71.4 Å². The lowest BCUT2D eigenvalue weighted by Crippen LogP contribution is -2.40. The zero-order chi connectivity index (χ0) is 30.8. The van der Waals surface area contributed by atoms with Crippen LogP contribution in [0.2, 0.25) is 0 Å². The molecule has 43 heavy (non-hydrogen) atoms. The lowest BCUT2D eigenvalue weighted by molar-refractivity contribution is -0.151. The molecule has 1 aliphatic rings. The number of nitrogen functional groups attached to an aromatic ring is 1. The zero-order valence-electron chi connectivity index (χ0n) is 25.0. The lowest BCUT2D eigenvalue weighted by Gasteiger charge is -2.21. The molecule has 1 aromatic heterocycles. The number of halogens is 2. The Balaban J connectivity index is 1.19. The summed E-state index contributed by atoms with van der Waals surface area (Å²) < 4.78 is 40.2. The molecule has 0 amide bonds. The van der Waals surface area contributed by atoms with Crippen LogP contribution in [-0.2, 0) is 9.53 Å². The number of hydrogen-bond acceptors (Lipinski definition) is 7. The van der Waals surface area contributed by atoms with E-state index in [1.807, 2.05) is 0 Å². The van der Waals surface area contributed by atoms with Gasteiger partial charge in [-0.05, 0) is 81.7 Å². The normalized spacial score (nSPS) is 14.3. The summed E-state index contributed by atoms with van der Waals surface area (Å²) in [7, 11) is 0. The Kier molecular flexibility index (Phi) is 11.7. The number of rotatable bonds is 16. The lowest BCUT2D eigenvalue weighted by atomic mass is 10.0. The van der Waals surface area contributed by atoms with Crippen LogP contribution < -0.4 is 15.8 Å². The number of unbranched alkanes of at least 4 members (excludes halogenated alkanes) is 3. The molecule has 2 aromatic carbocycles. The van der Waals surface area contributed by atoms with Crippen molar-refractivity contribution < 1.29 is 27.8 Å². The smallest absolute Gasteiger partial charge is 0.323 e. The third-order valence-corrected chi connectivity index (χ3v) is 7.59. The second kappa shape index (κ2) is 15.6. The number of esters is 1. The monoisotopic (exact) mass is 596 g/mol. The van der Waals surface area contributed by atoms with Gasteiger partial charge in [-0.15, -0.1) is 0 Å². The Hall–Kier alpha value is -3.79. The maximum absolute atomic E-state index is 14.2. The molecule has 0 unspecified atom stereocenters. The number of nitrogens with zero attached hydrogens (tertiary/aromatic N) is 2. The summed E-state index contributed by atoms with van der Waals surface area (Å²) in [6, 6.07) is 9.57. The summed E-state index contributed by atoms with van der Waals surface area (Å²) in [5, 5.41) is 7.44. The molecule has 8 nitrogen and oxygen atoms in total. The van der Waals surface area contributed by atoms with Gasteiger partial charge in [-0.1, -0.05) is 38.8 Å². The highest BCUT2D eigenvalue weighted by Gasteiger charge is 2.26. The molecule has 0 radical (unpaired) electrons. The molecule has 1 heterocycles. The molecule has 0 bridgehead atoms. The summed E-state index contributed by atoms with van der Waals surface area (Å²) in [4.78, 5) is 25.8. The number of carbonyl (C=O) groups is 2. The number of ether oxygens (including phenoxy) is 2. The van der Waals surface area contributed by atoms with Crippen LogP contribution in [0.5, 0.6) is 5.75 Å². The molecule has 232 valence electrons. The molecule has 10 heteroatoms. The maximum atomic E-state index is 14.2. The third-order valence-electron chi connectivity index (χ3n) is 7.59. The number of hydrogen-bond donors (Lipinski definition) is 2. The molecule has 3 aromatic rings. The number of ketones is 1. The van der Waals surface area contributed by atoms with Crippen LogP contribution in [0.3, 0.4) is 0 Å². The van der Waals surface area contributed by atoms with Gasteiger partial charge in [0.25, 0.3) is 0 Å². The summed E-state index contributed by atoms with van der Waals surface area (Å²) in [5.41, 5.74) is 6.53. The van der Waals surface area contributed by atoms with E-state index in [-0.39, 0.29) is 41.0 Å². The van der Waals surface area contributed by atoms with Gasteiger partial charge in [0, 0.05) is 11.6 Å². The van der Waals surface area contributed by atoms with Crippen molar-refractivity contribution in [1.29, 1.82) is 0 Å². The second-order valence-electron chi connectivity index (χ2n) is 11.6. The predicted octanol–water partition coefficient (Wildman–Crippen LogP) is 6.39. The Morgan fingerprint density at radius 2 is 1.84 bits per heavy atom. The molecule has 1 atom stereocenters. The Morgan fingerprint density at radius 1 is 1.07 bits per heavy atom. The quantitative estimate of drug-likeness (QED) is 0.112. The molecule has 0 saturated heterocycles. The van der Waals surface area contributed by atoms with E-state index in [4.69, 9.17) is 15.2 Å². The Labute approximate surface area is 251 Å². The van der Waals surface area contributed by atoms with Crippen molar-refractivity contribution in [2.75, 3.05) is 18.9 Å². The third kappa shape index (κ3) is 9.10. The van der Waals surface area contributed by atoms with Crippen LogP contribution in [0, 0.1) is 17.6 Å². The first-order valence-corrected chi connectivity index (χ1v) is 15.2. The molecule has 1 aliphatic carbocycles. The first-order chi connectivity index (χ1) is 20.7. The number of aromatic nitrogens is 2. The summed E-state index contributed by atoms with van der Waals surface area (Å²) in [6.07, 6.45) is 10.1. The van der Waals surface area contributed by atoms with Gasteiger partial charge < -0.3 is 20.5 Å². The van der Waals surface area contributed by atoms with Crippen LogP contribution in [0.4, 0.5) is 14.6 Å². The fourth-order valence-corrected chi connectivity index (χ4v) is 5.29. The molecule has 4 rings (SSSR count). The van der Waals surface area contributed by atoms with E-state index in [1.54, 1.807) is 24.3 Å². The molecule has 1 fully saturated rings. The molecule has 0 spiro atoms. The van der Waals surface area contributed by atoms with E-state index < -0.39 is 11.6 Å². The summed E-state index contributed by atoms with van der Waals surface area (Å²) in [6.45, 7) is 5.49. The second-order valence-corrected chi connectivity index (χ2v) is 11.6. The summed E-state index contributed by atoms with van der Waals surface area (Å²) >= 11 is 0. The number of nitrogens with two attached hydrogens (primary N) is 1. The number of nitrogens with one attached hydrogen (secondary N) is 1. The Morgan fingerprint density at radius 3 is 2.58 bits per heavy atom. The van der Waals surface area contributed by atoms with E-state index in [0.717, 1.165) is 81.1 Å². The Bertz CT molecular complexity index is 1370. The van der Waals surface area contributed by atoms with Crippen LogP contribution >= 0.6 is 0 Å². The summed E-state index contributed by atoms with van der Waals surface area (Å²) in [5.74, 6) is -1.14. The van der Waals surface area contributed by atoms with Crippen LogP contribution in [-0.4, -0.2) is 46.8 Å². The number of benzene rings is 2. The first-order valence-electron chi connectivity index (χ1n) is 15.2. The average molecular weight is 597 g/mol. The van der Waals surface area contributed by atoms with Crippen LogP contribution in [0.15, 0.2) is 48.7 Å². The van der Waals surface area contributed by atoms with E-state index in [2.05, 4.69) is 24.3 Å². The highest BCUT2D eigenvalue weighted by Crippen LogP contribution is 2.25. The zero-order valence-corrected chi connectivity index (χ0v) is 25.0. The predicted molar refractivity (Wildman–Crippen MR) is 161 cm³/mol. The van der Waals surface area contributed by atoms with Crippen molar-refractivity contribution in [3.8, 4) is 11.4 Å². The van der Waals surface area contributed by atoms with E-state index in [9.17, 15) is 18.4 Å². The topological polar surface area (TPSA) is 108 Å². The molecular weight excluding hydrogens is 554 g/mol. The van der Waals surface area contributed by atoms with Gasteiger partial charge in [0.1, 0.15) is 35.2 Å². The highest BCUT2D eigenvalue weighted by atomic mass is 19.1. The van der Waals surface area contributed by atoms with Gasteiger partial charge >= 0.3 is 5.97 Å². The van der Waals surface area contributed by atoms with Crippen molar-refractivity contribution >= 4 is 17.6 Å². The fourth-order valence-electron chi connectivity index (χ4n) is 5.29. The highest BCUT2D eigenvalue weighted by molar-refractivity contribution is 6.11. The van der Waals surface area contributed by atoms with Gasteiger partial charge in [0.2, 0.25) is 0 Å². The van der Waals surface area contributed by atoms with E-state index in [1.165, 1.54) is 12.3 Å². The molecule has 3 N–H and O–H groups in total. The first kappa shape index (κ1) is 32.1. The van der Waals surface area contributed by atoms with E-state index >= 15 is 0 Å². The number of anilines is 1. The van der Waals surface area contributed by atoms with Crippen LogP contribution in [0.25, 0.3) is 5.69 Å². The van der Waals surface area contributed by atoms with Crippen LogP contribution in [0.1, 0.15) is 87.6 Å². The minimum absolute atomic E-state index is 0.0439. The SMILES string of the molecule is CC(C)C[C@H](NCCCCCCOc1cccc(C(=O)c2cnn(-c3ccc(F)cc3F)c2N)c1)C(=O)OC1CCCC1. The largest absolute Gasteiger partial charge is 0.494 e. The van der Waals surface area contributed by atoms with Gasteiger partial charge in [-0.3, -0.25) is 9.59 Å². The minimum atomic E-state index is -0.838. The van der Waals surface area contributed by atoms with Crippen molar-refractivity contribution in [3.63, 3.8) is 0 Å². The van der Waals surface area contributed by atoms with Crippen molar-refractivity contribution in [2.24, 2.45) is 5.92 Å². The minimum Gasteiger partial charge on any atom is -0.494 e.